The molecule has 0 radical (unpaired) electrons. The summed E-state index contributed by atoms with van der Waals surface area (Å²) in [6.45, 7) is 8.83. The van der Waals surface area contributed by atoms with Crippen LogP contribution in [-0.4, -0.2) is 11.9 Å². The molecule has 0 aromatic heterocycles. The molecular formula is C14H22N2O. The van der Waals surface area contributed by atoms with Gasteiger partial charge in [0.25, 0.3) is 0 Å². The standard InChI is InChI=1S/C14H22N2O/c1-10(2)14(17)16-13-7-5-6-12(8-13)9-15-11(3)4/h5-8,10-11,15H,9H2,1-4H3,(H,16,17). The van der Waals surface area contributed by atoms with Gasteiger partial charge >= 0.3 is 0 Å². The van der Waals surface area contributed by atoms with Crippen molar-refractivity contribution in [3.63, 3.8) is 0 Å². The van der Waals surface area contributed by atoms with Crippen molar-refractivity contribution in [1.82, 2.24) is 5.32 Å². The number of carbonyl (C=O) groups excluding carboxylic acids is 1. The number of rotatable bonds is 5. The lowest BCUT2D eigenvalue weighted by Crippen LogP contribution is -2.22. The minimum Gasteiger partial charge on any atom is -0.326 e. The van der Waals surface area contributed by atoms with E-state index in [1.807, 2.05) is 32.0 Å². The van der Waals surface area contributed by atoms with Crippen molar-refractivity contribution >= 4 is 11.6 Å². The zero-order valence-corrected chi connectivity index (χ0v) is 11.1. The zero-order valence-electron chi connectivity index (χ0n) is 11.1. The van der Waals surface area contributed by atoms with Gasteiger partial charge in [-0.15, -0.1) is 0 Å². The number of carbonyl (C=O) groups is 1. The lowest BCUT2D eigenvalue weighted by molar-refractivity contribution is -0.118. The van der Waals surface area contributed by atoms with Gasteiger partial charge in [-0.1, -0.05) is 39.8 Å². The van der Waals surface area contributed by atoms with E-state index in [1.54, 1.807) is 0 Å². The molecule has 17 heavy (non-hydrogen) atoms. The van der Waals surface area contributed by atoms with Gasteiger partial charge in [-0.05, 0) is 17.7 Å². The molecule has 0 saturated carbocycles. The van der Waals surface area contributed by atoms with Crippen molar-refractivity contribution in [3.8, 4) is 0 Å². The number of hydrogen-bond donors (Lipinski definition) is 2. The van der Waals surface area contributed by atoms with Gasteiger partial charge in [0.1, 0.15) is 0 Å². The first-order valence-corrected chi connectivity index (χ1v) is 6.12. The molecule has 0 unspecified atom stereocenters. The zero-order chi connectivity index (χ0) is 12.8. The predicted molar refractivity (Wildman–Crippen MR) is 71.9 cm³/mol. The van der Waals surface area contributed by atoms with Crippen molar-refractivity contribution in [2.75, 3.05) is 5.32 Å². The Bertz CT molecular complexity index is 372. The first-order valence-electron chi connectivity index (χ1n) is 6.12. The van der Waals surface area contributed by atoms with Crippen LogP contribution in [0, 0.1) is 5.92 Å². The molecular weight excluding hydrogens is 212 g/mol. The summed E-state index contributed by atoms with van der Waals surface area (Å²) in [6, 6.07) is 8.41. The van der Waals surface area contributed by atoms with E-state index in [2.05, 4.69) is 30.5 Å². The van der Waals surface area contributed by atoms with Crippen molar-refractivity contribution in [2.45, 2.75) is 40.3 Å². The number of amides is 1. The first kappa shape index (κ1) is 13.7. The van der Waals surface area contributed by atoms with E-state index in [-0.39, 0.29) is 11.8 Å². The van der Waals surface area contributed by atoms with Crippen molar-refractivity contribution < 1.29 is 4.79 Å². The average Bonchev–Trinajstić information content (AvgIpc) is 2.26. The monoisotopic (exact) mass is 234 g/mol. The van der Waals surface area contributed by atoms with Crippen LogP contribution >= 0.6 is 0 Å². The Morgan fingerprint density at radius 1 is 1.24 bits per heavy atom. The molecule has 2 N–H and O–H groups in total. The highest BCUT2D eigenvalue weighted by molar-refractivity contribution is 5.92. The SMILES string of the molecule is CC(C)NCc1cccc(NC(=O)C(C)C)c1. The van der Waals surface area contributed by atoms with E-state index >= 15 is 0 Å². The first-order chi connectivity index (χ1) is 7.99. The predicted octanol–water partition coefficient (Wildman–Crippen LogP) is 2.78. The molecule has 0 atom stereocenters. The summed E-state index contributed by atoms with van der Waals surface area (Å²) in [5.74, 6) is 0.0615. The summed E-state index contributed by atoms with van der Waals surface area (Å²) in [6.07, 6.45) is 0. The van der Waals surface area contributed by atoms with Crippen molar-refractivity contribution in [3.05, 3.63) is 29.8 Å². The van der Waals surface area contributed by atoms with Crippen LogP contribution in [0.1, 0.15) is 33.3 Å². The van der Waals surface area contributed by atoms with Crippen LogP contribution in [0.4, 0.5) is 5.69 Å². The summed E-state index contributed by atoms with van der Waals surface area (Å²) in [5, 5.41) is 6.26. The summed E-state index contributed by atoms with van der Waals surface area (Å²) >= 11 is 0. The molecule has 94 valence electrons. The highest BCUT2D eigenvalue weighted by atomic mass is 16.1. The van der Waals surface area contributed by atoms with E-state index in [0.717, 1.165) is 12.2 Å². The lowest BCUT2D eigenvalue weighted by atomic mass is 10.1. The second kappa shape index (κ2) is 6.40. The molecule has 1 aromatic rings. The number of hydrogen-bond acceptors (Lipinski definition) is 2. The average molecular weight is 234 g/mol. The summed E-state index contributed by atoms with van der Waals surface area (Å²) in [4.78, 5) is 11.6. The third-order valence-electron chi connectivity index (χ3n) is 2.43. The molecule has 0 aliphatic heterocycles. The fraction of sp³-hybridized carbons (Fsp3) is 0.500. The van der Waals surface area contributed by atoms with Crippen molar-refractivity contribution in [2.24, 2.45) is 5.92 Å². The molecule has 3 nitrogen and oxygen atoms in total. The minimum absolute atomic E-state index is 0.00689. The lowest BCUT2D eigenvalue weighted by Gasteiger charge is -2.11. The second-order valence-electron chi connectivity index (χ2n) is 4.88. The van der Waals surface area contributed by atoms with Crippen LogP contribution in [0.25, 0.3) is 0 Å². The molecule has 0 spiro atoms. The molecule has 0 fully saturated rings. The largest absolute Gasteiger partial charge is 0.326 e. The molecule has 1 aromatic carbocycles. The quantitative estimate of drug-likeness (QED) is 0.822. The summed E-state index contributed by atoms with van der Waals surface area (Å²) in [7, 11) is 0. The highest BCUT2D eigenvalue weighted by Crippen LogP contribution is 2.12. The van der Waals surface area contributed by atoms with E-state index < -0.39 is 0 Å². The van der Waals surface area contributed by atoms with Gasteiger partial charge in [0.15, 0.2) is 0 Å². The Labute approximate surface area is 104 Å². The van der Waals surface area contributed by atoms with Crippen LogP contribution in [0.3, 0.4) is 0 Å². The van der Waals surface area contributed by atoms with Gasteiger partial charge in [0.2, 0.25) is 5.91 Å². The van der Waals surface area contributed by atoms with Crippen molar-refractivity contribution in [1.29, 1.82) is 0 Å². The summed E-state index contributed by atoms with van der Waals surface area (Å²) < 4.78 is 0. The number of benzene rings is 1. The van der Waals surface area contributed by atoms with Gasteiger partial charge in [-0.3, -0.25) is 4.79 Å². The minimum atomic E-state index is 0.00689. The van der Waals surface area contributed by atoms with E-state index in [4.69, 9.17) is 0 Å². The Hall–Kier alpha value is -1.35. The maximum atomic E-state index is 11.6. The molecule has 0 bridgehead atoms. The van der Waals surface area contributed by atoms with Crippen LogP contribution in [0.15, 0.2) is 24.3 Å². The molecule has 1 amide bonds. The van der Waals surface area contributed by atoms with Gasteiger partial charge in [-0.2, -0.15) is 0 Å². The second-order valence-corrected chi connectivity index (χ2v) is 4.88. The molecule has 0 saturated heterocycles. The molecule has 0 heterocycles. The number of nitrogens with one attached hydrogen (secondary N) is 2. The third kappa shape index (κ3) is 5.00. The Morgan fingerprint density at radius 2 is 1.94 bits per heavy atom. The van der Waals surface area contributed by atoms with Gasteiger partial charge < -0.3 is 10.6 Å². The molecule has 3 heteroatoms. The topological polar surface area (TPSA) is 41.1 Å². The maximum absolute atomic E-state index is 11.6. The Morgan fingerprint density at radius 3 is 2.53 bits per heavy atom. The third-order valence-corrected chi connectivity index (χ3v) is 2.43. The van der Waals surface area contributed by atoms with Crippen LogP contribution < -0.4 is 10.6 Å². The summed E-state index contributed by atoms with van der Waals surface area (Å²) in [5.41, 5.74) is 2.05. The van der Waals surface area contributed by atoms with Crippen LogP contribution in [-0.2, 0) is 11.3 Å². The highest BCUT2D eigenvalue weighted by Gasteiger charge is 2.07. The van der Waals surface area contributed by atoms with E-state index in [9.17, 15) is 4.79 Å². The normalized spacial score (nSPS) is 10.9. The van der Waals surface area contributed by atoms with Gasteiger partial charge in [0.05, 0.1) is 0 Å². The molecule has 0 aliphatic rings. The van der Waals surface area contributed by atoms with Crippen LogP contribution in [0.2, 0.25) is 0 Å². The Balaban J connectivity index is 2.62. The van der Waals surface area contributed by atoms with E-state index in [0.29, 0.717) is 6.04 Å². The smallest absolute Gasteiger partial charge is 0.226 e. The van der Waals surface area contributed by atoms with Gasteiger partial charge in [0, 0.05) is 24.2 Å². The van der Waals surface area contributed by atoms with Gasteiger partial charge in [-0.25, -0.2) is 0 Å². The fourth-order valence-corrected chi connectivity index (χ4v) is 1.37. The molecule has 0 aliphatic carbocycles. The maximum Gasteiger partial charge on any atom is 0.226 e. The fourth-order valence-electron chi connectivity index (χ4n) is 1.37. The molecule has 1 rings (SSSR count). The number of anilines is 1. The Kier molecular flexibility index (Phi) is 5.16. The van der Waals surface area contributed by atoms with Crippen LogP contribution in [0.5, 0.6) is 0 Å². The van der Waals surface area contributed by atoms with E-state index in [1.165, 1.54) is 5.56 Å².